The number of urea groups is 1. The molecule has 0 aliphatic carbocycles. The van der Waals surface area contributed by atoms with E-state index in [1.165, 1.54) is 25.8 Å². The summed E-state index contributed by atoms with van der Waals surface area (Å²) < 4.78 is 11.1. The van der Waals surface area contributed by atoms with E-state index in [1.807, 2.05) is 18.2 Å². The van der Waals surface area contributed by atoms with Crippen molar-refractivity contribution in [1.82, 2.24) is 15.5 Å². The predicted octanol–water partition coefficient (Wildman–Crippen LogP) is 1.93. The van der Waals surface area contributed by atoms with Crippen molar-refractivity contribution in [2.24, 2.45) is 0 Å². The molecule has 4 rings (SSSR count). The van der Waals surface area contributed by atoms with Crippen LogP contribution < -0.4 is 20.1 Å². The van der Waals surface area contributed by atoms with Crippen molar-refractivity contribution in [3.63, 3.8) is 0 Å². The summed E-state index contributed by atoms with van der Waals surface area (Å²) >= 11 is 0. The molecule has 0 radical (unpaired) electrons. The Morgan fingerprint density at radius 2 is 2.00 bits per heavy atom. The number of amides is 2. The molecule has 2 N–H and O–H groups in total. The fourth-order valence-electron chi connectivity index (χ4n) is 4.20. The zero-order chi connectivity index (χ0) is 17.1. The first-order valence-electron chi connectivity index (χ1n) is 9.46. The van der Waals surface area contributed by atoms with Gasteiger partial charge in [-0.25, -0.2) is 4.79 Å². The van der Waals surface area contributed by atoms with Gasteiger partial charge in [-0.15, -0.1) is 0 Å². The zero-order valence-electron chi connectivity index (χ0n) is 14.6. The van der Waals surface area contributed by atoms with Crippen molar-refractivity contribution in [2.45, 2.75) is 44.2 Å². The van der Waals surface area contributed by atoms with Crippen molar-refractivity contribution in [1.29, 1.82) is 0 Å². The van der Waals surface area contributed by atoms with Crippen LogP contribution in [0.5, 0.6) is 11.5 Å². The molecule has 1 aromatic rings. The first-order valence-corrected chi connectivity index (χ1v) is 9.46. The van der Waals surface area contributed by atoms with Crippen molar-refractivity contribution < 1.29 is 14.3 Å². The highest BCUT2D eigenvalue weighted by Crippen LogP contribution is 2.30. The maximum absolute atomic E-state index is 12.2. The number of hydrogen-bond donors (Lipinski definition) is 2. The Hall–Kier alpha value is -1.95. The molecular formula is C19H27N3O3. The topological polar surface area (TPSA) is 62.8 Å². The summed E-state index contributed by atoms with van der Waals surface area (Å²) in [5.41, 5.74) is 1.14. The maximum atomic E-state index is 12.2. The van der Waals surface area contributed by atoms with Crippen molar-refractivity contribution in [3.05, 3.63) is 23.8 Å². The van der Waals surface area contributed by atoms with Gasteiger partial charge in [0.25, 0.3) is 0 Å². The van der Waals surface area contributed by atoms with Crippen LogP contribution in [0.15, 0.2) is 18.2 Å². The number of rotatable bonds is 4. The second-order valence-corrected chi connectivity index (χ2v) is 7.12. The lowest BCUT2D eigenvalue weighted by Gasteiger charge is -2.32. The molecule has 25 heavy (non-hydrogen) atoms. The van der Waals surface area contributed by atoms with Gasteiger partial charge in [-0.05, 0) is 49.9 Å². The maximum Gasteiger partial charge on any atom is 0.315 e. The number of fused-ring (bicyclic) bond motifs is 2. The van der Waals surface area contributed by atoms with Gasteiger partial charge in [0.15, 0.2) is 11.5 Å². The van der Waals surface area contributed by atoms with Crippen molar-refractivity contribution in [3.8, 4) is 11.5 Å². The van der Waals surface area contributed by atoms with E-state index in [-0.39, 0.29) is 6.03 Å². The third-order valence-electron chi connectivity index (χ3n) is 5.48. The number of ether oxygens (including phenoxy) is 2. The summed E-state index contributed by atoms with van der Waals surface area (Å²) in [6.07, 6.45) is 5.64. The smallest absolute Gasteiger partial charge is 0.315 e. The summed E-state index contributed by atoms with van der Waals surface area (Å²) in [5.74, 6) is 1.61. The van der Waals surface area contributed by atoms with E-state index in [0.717, 1.165) is 36.4 Å². The Balaban J connectivity index is 1.23. The summed E-state index contributed by atoms with van der Waals surface area (Å²) in [7, 11) is 0. The quantitative estimate of drug-likeness (QED) is 0.875. The molecule has 0 aromatic heterocycles. The molecule has 2 saturated heterocycles. The summed E-state index contributed by atoms with van der Waals surface area (Å²) in [4.78, 5) is 14.7. The number of carbonyl (C=O) groups is 1. The lowest BCUT2D eigenvalue weighted by atomic mass is 9.99. The summed E-state index contributed by atoms with van der Waals surface area (Å²) in [6, 6.07) is 6.77. The Bertz CT molecular complexity index is 622. The number of hydrogen-bond acceptors (Lipinski definition) is 4. The second kappa shape index (κ2) is 7.52. The van der Waals surface area contributed by atoms with Gasteiger partial charge < -0.3 is 20.1 Å². The minimum absolute atomic E-state index is 0.0463. The molecule has 2 fully saturated rings. The molecule has 2 atom stereocenters. The van der Waals surface area contributed by atoms with E-state index in [4.69, 9.17) is 9.47 Å². The minimum Gasteiger partial charge on any atom is -0.486 e. The summed E-state index contributed by atoms with van der Waals surface area (Å²) in [6.45, 7) is 4.12. The third-order valence-corrected chi connectivity index (χ3v) is 5.48. The fourth-order valence-corrected chi connectivity index (χ4v) is 4.20. The van der Waals surface area contributed by atoms with Gasteiger partial charge in [0.1, 0.15) is 13.2 Å². The SMILES string of the molecule is O=C(NCCc1ccc2c(c1)OCCO2)NC1CCN2CCCCC12. The number of piperidine rings is 1. The molecule has 3 aliphatic heterocycles. The lowest BCUT2D eigenvalue weighted by molar-refractivity contribution is 0.171. The van der Waals surface area contributed by atoms with E-state index in [9.17, 15) is 4.79 Å². The average Bonchev–Trinajstić information content (AvgIpc) is 3.05. The van der Waals surface area contributed by atoms with Gasteiger partial charge in [-0.1, -0.05) is 12.5 Å². The standard InChI is InChI=1S/C19H27N3O3/c23-19(21-15-7-10-22-9-2-1-3-16(15)22)20-8-6-14-4-5-17-18(13-14)25-12-11-24-17/h4-5,13,15-16H,1-3,6-12H2,(H2,20,21,23). The Morgan fingerprint density at radius 1 is 1.12 bits per heavy atom. The molecule has 136 valence electrons. The average molecular weight is 345 g/mol. The van der Waals surface area contributed by atoms with Crippen LogP contribution in [0.2, 0.25) is 0 Å². The molecule has 0 spiro atoms. The van der Waals surface area contributed by atoms with Gasteiger partial charge in [0.05, 0.1) is 0 Å². The second-order valence-electron chi connectivity index (χ2n) is 7.12. The van der Waals surface area contributed by atoms with Crippen LogP contribution in [0.4, 0.5) is 4.79 Å². The normalized spacial score (nSPS) is 25.3. The van der Waals surface area contributed by atoms with E-state index in [2.05, 4.69) is 15.5 Å². The highest BCUT2D eigenvalue weighted by Gasteiger charge is 2.36. The van der Waals surface area contributed by atoms with E-state index in [0.29, 0.717) is 31.8 Å². The van der Waals surface area contributed by atoms with E-state index < -0.39 is 0 Å². The first-order chi connectivity index (χ1) is 12.3. The van der Waals surface area contributed by atoms with Crippen molar-refractivity contribution >= 4 is 6.03 Å². The minimum atomic E-state index is -0.0463. The Kier molecular flexibility index (Phi) is 4.97. The van der Waals surface area contributed by atoms with Gasteiger partial charge in [0, 0.05) is 25.2 Å². The van der Waals surface area contributed by atoms with Crippen LogP contribution in [0, 0.1) is 0 Å². The molecule has 3 aliphatic rings. The number of nitrogens with one attached hydrogen (secondary N) is 2. The Morgan fingerprint density at radius 3 is 2.92 bits per heavy atom. The molecular weight excluding hydrogens is 318 g/mol. The van der Waals surface area contributed by atoms with Crippen LogP contribution in [0.25, 0.3) is 0 Å². The molecule has 2 amide bonds. The number of nitrogens with zero attached hydrogens (tertiary/aromatic N) is 1. The van der Waals surface area contributed by atoms with Gasteiger partial charge >= 0.3 is 6.03 Å². The highest BCUT2D eigenvalue weighted by molar-refractivity contribution is 5.74. The molecule has 0 bridgehead atoms. The molecule has 6 heteroatoms. The molecule has 1 aromatic carbocycles. The molecule has 2 unspecified atom stereocenters. The Labute approximate surface area is 148 Å². The largest absolute Gasteiger partial charge is 0.486 e. The third kappa shape index (κ3) is 3.84. The zero-order valence-corrected chi connectivity index (χ0v) is 14.6. The highest BCUT2D eigenvalue weighted by atomic mass is 16.6. The predicted molar refractivity (Wildman–Crippen MR) is 95.3 cm³/mol. The van der Waals surface area contributed by atoms with Gasteiger partial charge in [-0.2, -0.15) is 0 Å². The molecule has 0 saturated carbocycles. The van der Waals surface area contributed by atoms with Gasteiger partial charge in [-0.3, -0.25) is 4.90 Å². The number of carbonyl (C=O) groups excluding carboxylic acids is 1. The van der Waals surface area contributed by atoms with Crippen LogP contribution in [0.1, 0.15) is 31.2 Å². The monoisotopic (exact) mass is 345 g/mol. The van der Waals surface area contributed by atoms with E-state index >= 15 is 0 Å². The fraction of sp³-hybridized carbons (Fsp3) is 0.632. The van der Waals surface area contributed by atoms with Gasteiger partial charge in [0.2, 0.25) is 0 Å². The van der Waals surface area contributed by atoms with Crippen LogP contribution >= 0.6 is 0 Å². The molecule has 6 nitrogen and oxygen atoms in total. The van der Waals surface area contributed by atoms with Crippen LogP contribution in [-0.4, -0.2) is 55.9 Å². The van der Waals surface area contributed by atoms with Crippen LogP contribution in [0.3, 0.4) is 0 Å². The number of benzene rings is 1. The van der Waals surface area contributed by atoms with E-state index in [1.54, 1.807) is 0 Å². The lowest BCUT2D eigenvalue weighted by Crippen LogP contribution is -2.49. The molecule has 3 heterocycles. The first kappa shape index (κ1) is 16.5. The summed E-state index contributed by atoms with van der Waals surface area (Å²) in [5, 5.41) is 6.17. The van der Waals surface area contributed by atoms with Crippen LogP contribution in [-0.2, 0) is 6.42 Å². The van der Waals surface area contributed by atoms with Crippen molar-refractivity contribution in [2.75, 3.05) is 32.8 Å².